The molecular formula is C25H35N. The summed E-state index contributed by atoms with van der Waals surface area (Å²) in [6.45, 7) is 4.60. The number of rotatable bonds is 10. The highest BCUT2D eigenvalue weighted by molar-refractivity contribution is 5.75. The van der Waals surface area contributed by atoms with Crippen LogP contribution in [0.4, 0.5) is 11.4 Å². The number of hydrogen-bond donors (Lipinski definition) is 1. The molecule has 0 bridgehead atoms. The van der Waals surface area contributed by atoms with Crippen molar-refractivity contribution in [1.82, 2.24) is 0 Å². The average molecular weight is 350 g/mol. The summed E-state index contributed by atoms with van der Waals surface area (Å²) in [6.07, 6.45) is 13.2. The number of anilines is 2. The van der Waals surface area contributed by atoms with Gasteiger partial charge < -0.3 is 5.32 Å². The summed E-state index contributed by atoms with van der Waals surface area (Å²) in [5.41, 5.74) is 5.85. The molecule has 0 fully saturated rings. The molecule has 140 valence electrons. The Morgan fingerprint density at radius 2 is 1.08 bits per heavy atom. The van der Waals surface area contributed by atoms with Gasteiger partial charge in [-0.25, -0.2) is 0 Å². The SMILES string of the molecule is CCCCCCC1(CCCCCC)c2ccccc2Nc2ccccc21. The Morgan fingerprint density at radius 1 is 0.615 bits per heavy atom. The molecule has 0 saturated heterocycles. The fraction of sp³-hybridized carbons (Fsp3) is 0.520. The lowest BCUT2D eigenvalue weighted by Crippen LogP contribution is -2.32. The summed E-state index contributed by atoms with van der Waals surface area (Å²) in [5.74, 6) is 0. The highest BCUT2D eigenvalue weighted by atomic mass is 14.9. The van der Waals surface area contributed by atoms with Crippen molar-refractivity contribution >= 4 is 11.4 Å². The second kappa shape index (κ2) is 9.26. The fourth-order valence-electron chi connectivity index (χ4n) is 4.68. The van der Waals surface area contributed by atoms with Crippen LogP contribution in [0.25, 0.3) is 0 Å². The quantitative estimate of drug-likeness (QED) is 0.429. The van der Waals surface area contributed by atoms with Gasteiger partial charge in [-0.05, 0) is 36.1 Å². The van der Waals surface area contributed by atoms with Crippen molar-refractivity contribution in [3.05, 3.63) is 59.7 Å². The van der Waals surface area contributed by atoms with Crippen molar-refractivity contribution in [3.63, 3.8) is 0 Å². The first kappa shape index (κ1) is 19.0. The van der Waals surface area contributed by atoms with Gasteiger partial charge in [0.2, 0.25) is 0 Å². The number of benzene rings is 2. The summed E-state index contributed by atoms with van der Waals surface area (Å²) >= 11 is 0. The van der Waals surface area contributed by atoms with Gasteiger partial charge >= 0.3 is 0 Å². The van der Waals surface area contributed by atoms with Crippen LogP contribution >= 0.6 is 0 Å². The van der Waals surface area contributed by atoms with Crippen LogP contribution in [-0.2, 0) is 5.41 Å². The van der Waals surface area contributed by atoms with Crippen LogP contribution in [0.1, 0.15) is 89.2 Å². The lowest BCUT2D eigenvalue weighted by molar-refractivity contribution is 0.393. The molecule has 1 nitrogen and oxygen atoms in total. The van der Waals surface area contributed by atoms with E-state index in [9.17, 15) is 0 Å². The molecular weight excluding hydrogens is 314 g/mol. The van der Waals surface area contributed by atoms with Crippen molar-refractivity contribution in [1.29, 1.82) is 0 Å². The zero-order chi connectivity index (χ0) is 18.2. The summed E-state index contributed by atoms with van der Waals surface area (Å²) in [4.78, 5) is 0. The first-order chi connectivity index (χ1) is 12.8. The van der Waals surface area contributed by atoms with Crippen LogP contribution in [0.5, 0.6) is 0 Å². The van der Waals surface area contributed by atoms with Gasteiger partial charge in [0, 0.05) is 16.8 Å². The Kier molecular flexibility index (Phi) is 6.77. The van der Waals surface area contributed by atoms with E-state index in [4.69, 9.17) is 0 Å². The number of hydrogen-bond acceptors (Lipinski definition) is 1. The molecule has 1 heterocycles. The molecule has 0 aromatic heterocycles. The van der Waals surface area contributed by atoms with Crippen molar-refractivity contribution in [2.45, 2.75) is 83.5 Å². The van der Waals surface area contributed by atoms with Crippen LogP contribution in [0.2, 0.25) is 0 Å². The molecule has 0 atom stereocenters. The second-order valence-electron chi connectivity index (χ2n) is 7.92. The molecule has 3 rings (SSSR count). The van der Waals surface area contributed by atoms with E-state index in [1.807, 2.05) is 0 Å². The smallest absolute Gasteiger partial charge is 0.0426 e. The second-order valence-corrected chi connectivity index (χ2v) is 7.92. The Labute approximate surface area is 160 Å². The van der Waals surface area contributed by atoms with Crippen LogP contribution in [0.15, 0.2) is 48.5 Å². The maximum Gasteiger partial charge on any atom is 0.0426 e. The minimum absolute atomic E-state index is 0.180. The van der Waals surface area contributed by atoms with Crippen LogP contribution in [0, 0.1) is 0 Å². The molecule has 0 saturated carbocycles. The van der Waals surface area contributed by atoms with Crippen molar-refractivity contribution in [3.8, 4) is 0 Å². The zero-order valence-corrected chi connectivity index (χ0v) is 16.7. The Bertz CT molecular complexity index is 629. The van der Waals surface area contributed by atoms with Gasteiger partial charge in [-0.1, -0.05) is 102 Å². The van der Waals surface area contributed by atoms with E-state index in [2.05, 4.69) is 67.7 Å². The third-order valence-corrected chi connectivity index (χ3v) is 6.07. The largest absolute Gasteiger partial charge is 0.355 e. The summed E-state index contributed by atoms with van der Waals surface area (Å²) in [5, 5.41) is 3.70. The van der Waals surface area contributed by atoms with E-state index < -0.39 is 0 Å². The van der Waals surface area contributed by atoms with Gasteiger partial charge in [-0.15, -0.1) is 0 Å². The van der Waals surface area contributed by atoms with Crippen molar-refractivity contribution < 1.29 is 0 Å². The molecule has 0 amide bonds. The van der Waals surface area contributed by atoms with E-state index in [0.717, 1.165) is 0 Å². The fourth-order valence-corrected chi connectivity index (χ4v) is 4.68. The Hall–Kier alpha value is -1.76. The predicted molar refractivity (Wildman–Crippen MR) is 114 cm³/mol. The van der Waals surface area contributed by atoms with Crippen LogP contribution in [-0.4, -0.2) is 0 Å². The first-order valence-corrected chi connectivity index (χ1v) is 10.8. The van der Waals surface area contributed by atoms with Gasteiger partial charge in [0.05, 0.1) is 0 Å². The van der Waals surface area contributed by atoms with Crippen LogP contribution < -0.4 is 5.32 Å². The highest BCUT2D eigenvalue weighted by Crippen LogP contribution is 2.51. The normalized spacial score (nSPS) is 14.4. The molecule has 0 radical (unpaired) electrons. The monoisotopic (exact) mass is 349 g/mol. The third kappa shape index (κ3) is 3.98. The van der Waals surface area contributed by atoms with E-state index in [1.165, 1.54) is 86.7 Å². The molecule has 1 aliphatic rings. The number of nitrogens with one attached hydrogen (secondary N) is 1. The number of para-hydroxylation sites is 2. The minimum atomic E-state index is 0.180. The lowest BCUT2D eigenvalue weighted by Gasteiger charge is -2.42. The maximum absolute atomic E-state index is 3.70. The number of fused-ring (bicyclic) bond motifs is 2. The van der Waals surface area contributed by atoms with Gasteiger partial charge in [0.25, 0.3) is 0 Å². The topological polar surface area (TPSA) is 12.0 Å². The highest BCUT2D eigenvalue weighted by Gasteiger charge is 2.39. The minimum Gasteiger partial charge on any atom is -0.355 e. The Morgan fingerprint density at radius 3 is 1.54 bits per heavy atom. The van der Waals surface area contributed by atoms with Gasteiger partial charge in [0.1, 0.15) is 0 Å². The van der Waals surface area contributed by atoms with E-state index >= 15 is 0 Å². The van der Waals surface area contributed by atoms with E-state index in [1.54, 1.807) is 0 Å². The molecule has 0 spiro atoms. The van der Waals surface area contributed by atoms with E-state index in [-0.39, 0.29) is 5.41 Å². The molecule has 2 aromatic rings. The Balaban J connectivity index is 1.96. The predicted octanol–water partition coefficient (Wildman–Crippen LogP) is 7.97. The molecule has 0 unspecified atom stereocenters. The van der Waals surface area contributed by atoms with Crippen LogP contribution in [0.3, 0.4) is 0 Å². The molecule has 2 aromatic carbocycles. The summed E-state index contributed by atoms with van der Waals surface area (Å²) < 4.78 is 0. The van der Waals surface area contributed by atoms with Gasteiger partial charge in [0.15, 0.2) is 0 Å². The summed E-state index contributed by atoms with van der Waals surface area (Å²) in [6, 6.07) is 18.0. The van der Waals surface area contributed by atoms with Gasteiger partial charge in [-0.2, -0.15) is 0 Å². The molecule has 0 aliphatic carbocycles. The third-order valence-electron chi connectivity index (χ3n) is 6.07. The lowest BCUT2D eigenvalue weighted by atomic mass is 9.65. The zero-order valence-electron chi connectivity index (χ0n) is 16.7. The molecule has 1 N–H and O–H groups in total. The van der Waals surface area contributed by atoms with Crippen molar-refractivity contribution in [2.24, 2.45) is 0 Å². The first-order valence-electron chi connectivity index (χ1n) is 10.8. The number of unbranched alkanes of at least 4 members (excludes halogenated alkanes) is 6. The van der Waals surface area contributed by atoms with Crippen molar-refractivity contribution in [2.75, 3.05) is 5.32 Å². The van der Waals surface area contributed by atoms with Gasteiger partial charge in [-0.3, -0.25) is 0 Å². The van der Waals surface area contributed by atoms with E-state index in [0.29, 0.717) is 0 Å². The summed E-state index contributed by atoms with van der Waals surface area (Å²) in [7, 11) is 0. The maximum atomic E-state index is 3.70. The standard InChI is InChI=1S/C25H35N/c1-3-5-7-13-19-25(20-14-8-6-4-2)21-15-9-11-17-23(21)26-24-18-12-10-16-22(24)25/h9-12,15-18,26H,3-8,13-14,19-20H2,1-2H3. The molecule has 1 heteroatoms. The molecule has 26 heavy (non-hydrogen) atoms. The average Bonchev–Trinajstić information content (AvgIpc) is 2.68. The molecule has 1 aliphatic heterocycles.